The van der Waals surface area contributed by atoms with Crippen molar-refractivity contribution in [1.82, 2.24) is 0 Å². The summed E-state index contributed by atoms with van der Waals surface area (Å²) in [4.78, 5) is 26.1. The summed E-state index contributed by atoms with van der Waals surface area (Å²) >= 11 is 0. The van der Waals surface area contributed by atoms with E-state index in [2.05, 4.69) is 0 Å². The molecule has 0 fully saturated rings. The number of nitrogens with two attached hydrogens (primary N) is 1. The topological polar surface area (TPSA) is 60.0 Å². The Labute approximate surface area is 211 Å². The molecule has 0 spiro atoms. The SMILES string of the molecule is CCC(CC)C(C[NH2+]CC(=O)c1ccc(C)cc1)C(=O)OC(c1cccc(F)c1)c1cccc(F)c1. The van der Waals surface area contributed by atoms with Crippen LogP contribution in [0.1, 0.15) is 59.8 Å². The molecule has 0 aliphatic heterocycles. The van der Waals surface area contributed by atoms with Crippen LogP contribution >= 0.6 is 0 Å². The number of hydrogen-bond acceptors (Lipinski definition) is 3. The summed E-state index contributed by atoms with van der Waals surface area (Å²) in [5.74, 6) is -1.82. The first-order chi connectivity index (χ1) is 17.3. The summed E-state index contributed by atoms with van der Waals surface area (Å²) in [7, 11) is 0. The number of ether oxygens (including phenoxy) is 1. The first-order valence-electron chi connectivity index (χ1n) is 12.4. The number of carbonyl (C=O) groups is 2. The molecule has 1 unspecified atom stereocenters. The van der Waals surface area contributed by atoms with Crippen LogP contribution in [0.15, 0.2) is 72.8 Å². The van der Waals surface area contributed by atoms with Gasteiger partial charge in [-0.2, -0.15) is 0 Å². The smallest absolute Gasteiger partial charge is 0.315 e. The predicted octanol–water partition coefficient (Wildman–Crippen LogP) is 5.40. The number of benzene rings is 3. The lowest BCUT2D eigenvalue weighted by Gasteiger charge is -2.26. The molecule has 0 aromatic heterocycles. The summed E-state index contributed by atoms with van der Waals surface area (Å²) in [5, 5.41) is 1.84. The maximum Gasteiger partial charge on any atom is 0.315 e. The highest BCUT2D eigenvalue weighted by atomic mass is 19.1. The van der Waals surface area contributed by atoms with Gasteiger partial charge in [0, 0.05) is 5.56 Å². The number of carbonyl (C=O) groups excluding carboxylic acids is 2. The molecular formula is C30H34F2NO3+. The van der Waals surface area contributed by atoms with Crippen LogP contribution in [0.3, 0.4) is 0 Å². The number of hydrogen-bond donors (Lipinski definition) is 1. The molecule has 2 N–H and O–H groups in total. The highest BCUT2D eigenvalue weighted by molar-refractivity contribution is 5.96. The molecule has 0 saturated heterocycles. The van der Waals surface area contributed by atoms with Crippen LogP contribution in [0.25, 0.3) is 0 Å². The number of esters is 1. The van der Waals surface area contributed by atoms with Gasteiger partial charge < -0.3 is 10.1 Å². The van der Waals surface area contributed by atoms with Gasteiger partial charge in [-0.15, -0.1) is 0 Å². The van der Waals surface area contributed by atoms with Gasteiger partial charge in [-0.1, -0.05) is 80.8 Å². The van der Waals surface area contributed by atoms with Crippen LogP contribution in [-0.4, -0.2) is 24.8 Å². The number of halogens is 2. The Kier molecular flexibility index (Phi) is 9.88. The Hall–Kier alpha value is -3.38. The van der Waals surface area contributed by atoms with Crippen molar-refractivity contribution in [3.05, 3.63) is 107 Å². The van der Waals surface area contributed by atoms with Crippen molar-refractivity contribution >= 4 is 11.8 Å². The van der Waals surface area contributed by atoms with Crippen molar-refractivity contribution in [3.8, 4) is 0 Å². The summed E-state index contributed by atoms with van der Waals surface area (Å²) in [5.41, 5.74) is 2.57. The van der Waals surface area contributed by atoms with Gasteiger partial charge in [0.2, 0.25) is 5.78 Å². The van der Waals surface area contributed by atoms with Crippen LogP contribution < -0.4 is 5.32 Å². The molecule has 1 atom stereocenters. The van der Waals surface area contributed by atoms with E-state index in [1.807, 2.05) is 38.2 Å². The van der Waals surface area contributed by atoms with E-state index in [1.54, 1.807) is 24.3 Å². The maximum absolute atomic E-state index is 14.0. The van der Waals surface area contributed by atoms with E-state index in [9.17, 15) is 18.4 Å². The van der Waals surface area contributed by atoms with Crippen LogP contribution in [0.2, 0.25) is 0 Å². The van der Waals surface area contributed by atoms with E-state index in [0.717, 1.165) is 18.4 Å². The van der Waals surface area contributed by atoms with E-state index < -0.39 is 29.6 Å². The molecule has 0 amide bonds. The zero-order chi connectivity index (χ0) is 26.1. The van der Waals surface area contributed by atoms with Gasteiger partial charge in [0.05, 0.1) is 6.54 Å². The molecule has 0 radical (unpaired) electrons. The Morgan fingerprint density at radius 1 is 0.861 bits per heavy atom. The minimum atomic E-state index is -0.949. The van der Waals surface area contributed by atoms with Gasteiger partial charge in [-0.25, -0.2) is 8.78 Å². The van der Waals surface area contributed by atoms with Gasteiger partial charge >= 0.3 is 5.97 Å². The molecule has 0 bridgehead atoms. The molecular weight excluding hydrogens is 460 g/mol. The Morgan fingerprint density at radius 3 is 1.92 bits per heavy atom. The minimum absolute atomic E-state index is 0.0101. The summed E-state index contributed by atoms with van der Waals surface area (Å²) in [6.07, 6.45) is 0.580. The van der Waals surface area contributed by atoms with Crippen molar-refractivity contribution in [2.45, 2.75) is 39.7 Å². The largest absolute Gasteiger partial charge is 0.452 e. The summed E-state index contributed by atoms with van der Waals surface area (Å²) in [6, 6.07) is 19.0. The van der Waals surface area contributed by atoms with Gasteiger partial charge in [0.25, 0.3) is 0 Å². The van der Waals surface area contributed by atoms with Crippen molar-refractivity contribution in [3.63, 3.8) is 0 Å². The lowest BCUT2D eigenvalue weighted by Crippen LogP contribution is -2.87. The molecule has 3 rings (SSSR count). The minimum Gasteiger partial charge on any atom is -0.452 e. The van der Waals surface area contributed by atoms with Crippen molar-refractivity contribution in [1.29, 1.82) is 0 Å². The molecule has 0 aliphatic rings. The van der Waals surface area contributed by atoms with Crippen LogP contribution in [0.5, 0.6) is 0 Å². The van der Waals surface area contributed by atoms with Gasteiger partial charge in [-0.05, 0) is 48.2 Å². The highest BCUT2D eigenvalue weighted by Crippen LogP contribution is 2.30. The summed E-state index contributed by atoms with van der Waals surface area (Å²) < 4.78 is 34.0. The molecule has 0 saturated carbocycles. The average molecular weight is 495 g/mol. The van der Waals surface area contributed by atoms with Crippen molar-refractivity contribution in [2.75, 3.05) is 13.1 Å². The van der Waals surface area contributed by atoms with E-state index in [4.69, 9.17) is 4.74 Å². The first kappa shape index (κ1) is 27.2. The normalized spacial score (nSPS) is 12.1. The zero-order valence-electron chi connectivity index (χ0n) is 21.0. The lowest BCUT2D eigenvalue weighted by molar-refractivity contribution is -0.648. The van der Waals surface area contributed by atoms with Gasteiger partial charge in [-0.3, -0.25) is 9.59 Å². The fourth-order valence-corrected chi connectivity index (χ4v) is 4.46. The van der Waals surface area contributed by atoms with Crippen LogP contribution in [-0.2, 0) is 9.53 Å². The van der Waals surface area contributed by atoms with E-state index in [0.29, 0.717) is 23.2 Å². The quantitative estimate of drug-likeness (QED) is 0.271. The van der Waals surface area contributed by atoms with Crippen LogP contribution in [0.4, 0.5) is 8.78 Å². The zero-order valence-corrected chi connectivity index (χ0v) is 21.0. The molecule has 4 nitrogen and oxygen atoms in total. The third-order valence-corrected chi connectivity index (χ3v) is 6.58. The van der Waals surface area contributed by atoms with Crippen LogP contribution in [0, 0.1) is 30.4 Å². The molecule has 36 heavy (non-hydrogen) atoms. The fraction of sp³-hybridized carbons (Fsp3) is 0.333. The Balaban J connectivity index is 1.78. The second-order valence-electron chi connectivity index (χ2n) is 9.13. The standard InChI is InChI=1S/C30H33F2NO3/c1-4-21(5-2)27(18-33-19-28(34)22-14-12-20(3)13-15-22)30(35)36-29(23-8-6-10-25(31)16-23)24-9-7-11-26(32)17-24/h6-17,21,27,29,33H,4-5,18-19H2,1-3H3/p+1. The number of rotatable bonds is 12. The molecule has 0 aliphatic carbocycles. The number of ketones is 1. The fourth-order valence-electron chi connectivity index (χ4n) is 4.46. The average Bonchev–Trinajstić information content (AvgIpc) is 2.87. The maximum atomic E-state index is 14.0. The van der Waals surface area contributed by atoms with E-state index in [-0.39, 0.29) is 18.2 Å². The molecule has 3 aromatic rings. The lowest BCUT2D eigenvalue weighted by atomic mass is 9.87. The predicted molar refractivity (Wildman–Crippen MR) is 135 cm³/mol. The molecule has 3 aromatic carbocycles. The summed E-state index contributed by atoms with van der Waals surface area (Å²) in [6.45, 7) is 6.59. The monoisotopic (exact) mass is 494 g/mol. The molecule has 6 heteroatoms. The third kappa shape index (κ3) is 7.31. The highest BCUT2D eigenvalue weighted by Gasteiger charge is 2.32. The van der Waals surface area contributed by atoms with E-state index in [1.165, 1.54) is 36.4 Å². The van der Waals surface area contributed by atoms with E-state index >= 15 is 0 Å². The van der Waals surface area contributed by atoms with Gasteiger partial charge in [0.15, 0.2) is 6.10 Å². The Bertz CT molecular complexity index is 1110. The van der Waals surface area contributed by atoms with Crippen molar-refractivity contribution < 1.29 is 28.4 Å². The second kappa shape index (κ2) is 13.1. The van der Waals surface area contributed by atoms with Gasteiger partial charge in [0.1, 0.15) is 24.1 Å². The third-order valence-electron chi connectivity index (χ3n) is 6.58. The number of quaternary nitrogens is 1. The first-order valence-corrected chi connectivity index (χ1v) is 12.4. The Morgan fingerprint density at radius 2 is 1.42 bits per heavy atom. The molecule has 190 valence electrons. The second-order valence-corrected chi connectivity index (χ2v) is 9.13. The van der Waals surface area contributed by atoms with Crippen molar-refractivity contribution in [2.24, 2.45) is 11.8 Å². The number of Topliss-reactive ketones (excluding diaryl/α,β-unsaturated/α-hetero) is 1. The number of aryl methyl sites for hydroxylation is 1. The molecule has 0 heterocycles.